The number of nitrogens with zero attached hydrogens (tertiary/aromatic N) is 1. The number of benzene rings is 2. The van der Waals surface area contributed by atoms with Crippen molar-refractivity contribution in [2.75, 3.05) is 18.1 Å². The number of carbonyl (C=O) groups excluding carboxylic acids is 1. The van der Waals surface area contributed by atoms with Gasteiger partial charge in [-0.1, -0.05) is 42.0 Å². The maximum atomic E-state index is 12.1. The molecule has 108 valence electrons. The van der Waals surface area contributed by atoms with Gasteiger partial charge in [0, 0.05) is 0 Å². The molecular weight excluding hydrogens is 266 g/mol. The standard InChI is InChI=1S/C17H17NO3/c1-12-6-8-13(9-7-12)15(19)10-18-14-4-2-3-5-16(14)21-11-17(18)20/h2-9,15,19H,10-11H2,1H3. The van der Waals surface area contributed by atoms with Crippen molar-refractivity contribution in [1.82, 2.24) is 0 Å². The van der Waals surface area contributed by atoms with Crippen molar-refractivity contribution in [3.63, 3.8) is 0 Å². The highest BCUT2D eigenvalue weighted by Gasteiger charge is 2.27. The quantitative estimate of drug-likeness (QED) is 0.941. The van der Waals surface area contributed by atoms with E-state index in [1.807, 2.05) is 55.5 Å². The summed E-state index contributed by atoms with van der Waals surface area (Å²) in [6, 6.07) is 15.0. The normalized spacial score (nSPS) is 15.3. The predicted octanol–water partition coefficient (Wildman–Crippen LogP) is 2.45. The molecule has 0 radical (unpaired) electrons. The molecule has 0 fully saturated rings. The van der Waals surface area contributed by atoms with E-state index in [0.717, 1.165) is 11.1 Å². The zero-order valence-corrected chi connectivity index (χ0v) is 11.8. The van der Waals surface area contributed by atoms with Crippen LogP contribution in [0.15, 0.2) is 48.5 Å². The summed E-state index contributed by atoms with van der Waals surface area (Å²) in [5.74, 6) is 0.535. The maximum Gasteiger partial charge on any atom is 0.265 e. The first-order valence-electron chi connectivity index (χ1n) is 6.92. The minimum absolute atomic E-state index is 0.0115. The fourth-order valence-electron chi connectivity index (χ4n) is 2.42. The molecule has 1 aliphatic rings. The van der Waals surface area contributed by atoms with Gasteiger partial charge in [0.2, 0.25) is 0 Å². The number of fused-ring (bicyclic) bond motifs is 1. The van der Waals surface area contributed by atoms with Crippen molar-refractivity contribution >= 4 is 11.6 Å². The second-order valence-corrected chi connectivity index (χ2v) is 5.19. The van der Waals surface area contributed by atoms with E-state index in [1.165, 1.54) is 0 Å². The molecule has 1 aliphatic heterocycles. The first-order chi connectivity index (χ1) is 10.1. The number of carbonyl (C=O) groups is 1. The highest BCUT2D eigenvalue weighted by atomic mass is 16.5. The van der Waals surface area contributed by atoms with Crippen LogP contribution in [0, 0.1) is 6.92 Å². The summed E-state index contributed by atoms with van der Waals surface area (Å²) in [4.78, 5) is 13.7. The van der Waals surface area contributed by atoms with Crippen LogP contribution in [0.3, 0.4) is 0 Å². The molecule has 4 nitrogen and oxygen atoms in total. The van der Waals surface area contributed by atoms with Crippen LogP contribution in [0.1, 0.15) is 17.2 Å². The molecule has 0 aromatic heterocycles. The smallest absolute Gasteiger partial charge is 0.265 e. The van der Waals surface area contributed by atoms with Crippen LogP contribution >= 0.6 is 0 Å². The molecule has 1 unspecified atom stereocenters. The van der Waals surface area contributed by atoms with Crippen molar-refractivity contribution in [2.45, 2.75) is 13.0 Å². The SMILES string of the molecule is Cc1ccc(C(O)CN2C(=O)COc3ccccc32)cc1. The first-order valence-corrected chi connectivity index (χ1v) is 6.92. The van der Waals surface area contributed by atoms with Crippen LogP contribution < -0.4 is 9.64 Å². The van der Waals surface area contributed by atoms with Gasteiger partial charge in [-0.2, -0.15) is 0 Å². The monoisotopic (exact) mass is 283 g/mol. The molecule has 21 heavy (non-hydrogen) atoms. The van der Waals surface area contributed by atoms with E-state index in [-0.39, 0.29) is 19.1 Å². The summed E-state index contributed by atoms with van der Waals surface area (Å²) in [6.45, 7) is 2.23. The van der Waals surface area contributed by atoms with Crippen molar-refractivity contribution in [1.29, 1.82) is 0 Å². The Morgan fingerprint density at radius 1 is 1.19 bits per heavy atom. The van der Waals surface area contributed by atoms with Gasteiger partial charge in [-0.3, -0.25) is 4.79 Å². The Morgan fingerprint density at radius 2 is 1.90 bits per heavy atom. The third kappa shape index (κ3) is 2.76. The van der Waals surface area contributed by atoms with E-state index in [2.05, 4.69) is 0 Å². The number of hydrogen-bond acceptors (Lipinski definition) is 3. The molecule has 2 aromatic rings. The van der Waals surface area contributed by atoms with Crippen molar-refractivity contribution in [2.24, 2.45) is 0 Å². The Labute approximate surface area is 123 Å². The first kappa shape index (κ1) is 13.6. The molecule has 3 rings (SSSR count). The highest BCUT2D eigenvalue weighted by molar-refractivity contribution is 5.97. The summed E-state index contributed by atoms with van der Waals surface area (Å²) < 4.78 is 5.40. The molecule has 1 atom stereocenters. The van der Waals surface area contributed by atoms with E-state index in [9.17, 15) is 9.90 Å². The molecule has 1 heterocycles. The zero-order valence-electron chi connectivity index (χ0n) is 11.8. The van der Waals surface area contributed by atoms with Crippen LogP contribution in [0.2, 0.25) is 0 Å². The topological polar surface area (TPSA) is 49.8 Å². The van der Waals surface area contributed by atoms with Gasteiger partial charge >= 0.3 is 0 Å². The van der Waals surface area contributed by atoms with Gasteiger partial charge in [0.15, 0.2) is 6.61 Å². The van der Waals surface area contributed by atoms with Gasteiger partial charge in [-0.15, -0.1) is 0 Å². The van der Waals surface area contributed by atoms with Gasteiger partial charge in [0.25, 0.3) is 5.91 Å². The van der Waals surface area contributed by atoms with E-state index in [1.54, 1.807) is 4.90 Å². The molecule has 2 aromatic carbocycles. The highest BCUT2D eigenvalue weighted by Crippen LogP contribution is 2.32. The molecular formula is C17H17NO3. The lowest BCUT2D eigenvalue weighted by Gasteiger charge is -2.31. The van der Waals surface area contributed by atoms with Gasteiger partial charge in [0.05, 0.1) is 18.3 Å². The number of hydrogen-bond donors (Lipinski definition) is 1. The minimum Gasteiger partial charge on any atom is -0.482 e. The van der Waals surface area contributed by atoms with Crippen molar-refractivity contribution in [3.8, 4) is 5.75 Å². The van der Waals surface area contributed by atoms with Crippen LogP contribution in [0.4, 0.5) is 5.69 Å². The number of ether oxygens (including phenoxy) is 1. The number of para-hydroxylation sites is 2. The zero-order chi connectivity index (χ0) is 14.8. The molecule has 0 saturated heterocycles. The molecule has 1 N–H and O–H groups in total. The average molecular weight is 283 g/mol. The Hall–Kier alpha value is -2.33. The maximum absolute atomic E-state index is 12.1. The van der Waals surface area contributed by atoms with Crippen molar-refractivity contribution in [3.05, 3.63) is 59.7 Å². The van der Waals surface area contributed by atoms with Gasteiger partial charge in [0.1, 0.15) is 5.75 Å². The number of aliphatic hydroxyl groups excluding tert-OH is 1. The van der Waals surface area contributed by atoms with Gasteiger partial charge in [-0.05, 0) is 24.6 Å². The molecule has 0 bridgehead atoms. The van der Waals surface area contributed by atoms with Gasteiger partial charge < -0.3 is 14.7 Å². The third-order valence-electron chi connectivity index (χ3n) is 3.63. The lowest BCUT2D eigenvalue weighted by atomic mass is 10.1. The second kappa shape index (κ2) is 5.58. The molecule has 0 saturated carbocycles. The molecule has 0 aliphatic carbocycles. The lowest BCUT2D eigenvalue weighted by molar-refractivity contribution is -0.121. The number of rotatable bonds is 3. The molecule has 0 spiro atoms. The number of aryl methyl sites for hydroxylation is 1. The largest absolute Gasteiger partial charge is 0.482 e. The third-order valence-corrected chi connectivity index (χ3v) is 3.63. The van der Waals surface area contributed by atoms with Crippen LogP contribution in [-0.4, -0.2) is 24.2 Å². The summed E-state index contributed by atoms with van der Waals surface area (Å²) in [7, 11) is 0. The Bertz CT molecular complexity index is 651. The number of β-amino-alcohol motifs (C(OH)–C–C–N with tert-alkyl or cyclic N) is 1. The Morgan fingerprint density at radius 3 is 2.67 bits per heavy atom. The molecule has 1 amide bonds. The average Bonchev–Trinajstić information content (AvgIpc) is 2.51. The van der Waals surface area contributed by atoms with Crippen molar-refractivity contribution < 1.29 is 14.6 Å². The summed E-state index contributed by atoms with van der Waals surface area (Å²) >= 11 is 0. The summed E-state index contributed by atoms with van der Waals surface area (Å²) in [6.07, 6.45) is -0.722. The summed E-state index contributed by atoms with van der Waals surface area (Å²) in [5.41, 5.74) is 2.65. The van der Waals surface area contributed by atoms with Crippen LogP contribution in [0.25, 0.3) is 0 Å². The van der Waals surface area contributed by atoms with E-state index < -0.39 is 6.10 Å². The van der Waals surface area contributed by atoms with E-state index in [0.29, 0.717) is 11.4 Å². The number of aliphatic hydroxyl groups is 1. The fraction of sp³-hybridized carbons (Fsp3) is 0.235. The lowest BCUT2D eigenvalue weighted by Crippen LogP contribution is -2.41. The minimum atomic E-state index is -0.722. The fourth-order valence-corrected chi connectivity index (χ4v) is 2.42. The number of anilines is 1. The van der Waals surface area contributed by atoms with E-state index >= 15 is 0 Å². The van der Waals surface area contributed by atoms with E-state index in [4.69, 9.17) is 4.74 Å². The van der Waals surface area contributed by atoms with Crippen LogP contribution in [-0.2, 0) is 4.79 Å². The summed E-state index contributed by atoms with van der Waals surface area (Å²) in [5, 5.41) is 10.4. The van der Waals surface area contributed by atoms with Gasteiger partial charge in [-0.25, -0.2) is 0 Å². The Balaban J connectivity index is 1.83. The predicted molar refractivity (Wildman–Crippen MR) is 80.4 cm³/mol. The second-order valence-electron chi connectivity index (χ2n) is 5.19. The molecule has 4 heteroatoms. The van der Waals surface area contributed by atoms with Crippen LogP contribution in [0.5, 0.6) is 5.75 Å². The number of amides is 1. The Kier molecular flexibility index (Phi) is 3.62.